The summed E-state index contributed by atoms with van der Waals surface area (Å²) in [6, 6.07) is 0.682. The molecule has 0 heterocycles. The molecule has 0 aromatic heterocycles. The van der Waals surface area contributed by atoms with Crippen molar-refractivity contribution in [2.45, 2.75) is 71.9 Å². The highest BCUT2D eigenvalue weighted by Crippen LogP contribution is 2.24. The zero-order chi connectivity index (χ0) is 15.2. The van der Waals surface area contributed by atoms with Crippen molar-refractivity contribution in [3.63, 3.8) is 0 Å². The molecule has 1 aliphatic rings. The van der Waals surface area contributed by atoms with Crippen LogP contribution in [0.4, 0.5) is 4.79 Å². The topological polar surface area (TPSA) is 41.6 Å². The molecule has 1 amide bonds. The van der Waals surface area contributed by atoms with Gasteiger partial charge in [-0.2, -0.15) is 0 Å². The third-order valence-corrected chi connectivity index (χ3v) is 3.77. The van der Waals surface area contributed by atoms with Crippen LogP contribution >= 0.6 is 0 Å². The summed E-state index contributed by atoms with van der Waals surface area (Å²) in [6.07, 6.45) is 4.72. The summed E-state index contributed by atoms with van der Waals surface area (Å²) in [5.74, 6) is 0.862. The summed E-state index contributed by atoms with van der Waals surface area (Å²) in [5, 5.41) is 3.60. The second-order valence-corrected chi connectivity index (χ2v) is 6.98. The maximum atomic E-state index is 12.0. The zero-order valence-corrected chi connectivity index (χ0v) is 13.9. The molecule has 4 nitrogen and oxygen atoms in total. The Balaban J connectivity index is 2.19. The van der Waals surface area contributed by atoms with Crippen LogP contribution in [0.25, 0.3) is 0 Å². The molecule has 1 fully saturated rings. The van der Waals surface area contributed by atoms with Crippen LogP contribution in [0.2, 0.25) is 0 Å². The number of hydrogen-bond donors (Lipinski definition) is 1. The average molecular weight is 284 g/mol. The SMILES string of the molecule is CCN(CCCNC1CCC(C)C1)C(=O)OC(C)(C)C. The number of nitrogens with one attached hydrogen (secondary N) is 1. The molecule has 1 saturated carbocycles. The monoisotopic (exact) mass is 284 g/mol. The van der Waals surface area contributed by atoms with E-state index in [9.17, 15) is 4.79 Å². The minimum absolute atomic E-state index is 0.200. The van der Waals surface area contributed by atoms with Crippen molar-refractivity contribution in [2.24, 2.45) is 5.92 Å². The van der Waals surface area contributed by atoms with Gasteiger partial charge in [-0.3, -0.25) is 0 Å². The maximum absolute atomic E-state index is 12.0. The van der Waals surface area contributed by atoms with E-state index < -0.39 is 5.60 Å². The highest BCUT2D eigenvalue weighted by molar-refractivity contribution is 5.68. The molecule has 0 spiro atoms. The Bertz CT molecular complexity index is 299. The van der Waals surface area contributed by atoms with Crippen molar-refractivity contribution in [2.75, 3.05) is 19.6 Å². The van der Waals surface area contributed by atoms with Crippen LogP contribution in [0.3, 0.4) is 0 Å². The normalized spacial score (nSPS) is 22.9. The van der Waals surface area contributed by atoms with Crippen molar-refractivity contribution < 1.29 is 9.53 Å². The summed E-state index contributed by atoms with van der Waals surface area (Å²) in [4.78, 5) is 13.7. The Morgan fingerprint density at radius 2 is 2.05 bits per heavy atom. The highest BCUT2D eigenvalue weighted by Gasteiger charge is 2.22. The zero-order valence-electron chi connectivity index (χ0n) is 13.9. The lowest BCUT2D eigenvalue weighted by molar-refractivity contribution is 0.0258. The van der Waals surface area contributed by atoms with E-state index in [1.54, 1.807) is 4.90 Å². The van der Waals surface area contributed by atoms with Gasteiger partial charge < -0.3 is 15.0 Å². The summed E-state index contributed by atoms with van der Waals surface area (Å²) >= 11 is 0. The van der Waals surface area contributed by atoms with Gasteiger partial charge in [-0.15, -0.1) is 0 Å². The number of amides is 1. The van der Waals surface area contributed by atoms with E-state index in [2.05, 4.69) is 12.2 Å². The van der Waals surface area contributed by atoms with Gasteiger partial charge >= 0.3 is 6.09 Å². The molecular formula is C16H32N2O2. The predicted octanol–water partition coefficient (Wildman–Crippen LogP) is 3.41. The minimum atomic E-state index is -0.414. The molecule has 2 unspecified atom stereocenters. The van der Waals surface area contributed by atoms with Gasteiger partial charge in [0.15, 0.2) is 0 Å². The van der Waals surface area contributed by atoms with Gasteiger partial charge in [0.1, 0.15) is 5.60 Å². The fourth-order valence-corrected chi connectivity index (χ4v) is 2.67. The average Bonchev–Trinajstić information content (AvgIpc) is 2.72. The van der Waals surface area contributed by atoms with Gasteiger partial charge in [0.05, 0.1) is 0 Å². The molecule has 0 aromatic carbocycles. The molecule has 0 bridgehead atoms. The molecule has 0 saturated heterocycles. The fraction of sp³-hybridized carbons (Fsp3) is 0.938. The van der Waals surface area contributed by atoms with Gasteiger partial charge in [0.2, 0.25) is 0 Å². The van der Waals surface area contributed by atoms with Gasteiger partial charge in [-0.25, -0.2) is 4.79 Å². The molecule has 118 valence electrons. The number of carbonyl (C=O) groups excluding carboxylic acids is 1. The molecule has 1 rings (SSSR count). The first-order valence-corrected chi connectivity index (χ1v) is 8.03. The molecule has 20 heavy (non-hydrogen) atoms. The number of ether oxygens (including phenoxy) is 1. The van der Waals surface area contributed by atoms with E-state index in [1.165, 1.54) is 19.3 Å². The van der Waals surface area contributed by atoms with Gasteiger partial charge in [-0.1, -0.05) is 6.92 Å². The van der Waals surface area contributed by atoms with Crippen LogP contribution in [0.1, 0.15) is 60.3 Å². The maximum Gasteiger partial charge on any atom is 0.410 e. The van der Waals surface area contributed by atoms with E-state index in [4.69, 9.17) is 4.74 Å². The van der Waals surface area contributed by atoms with Crippen LogP contribution in [0.5, 0.6) is 0 Å². The van der Waals surface area contributed by atoms with Gasteiger partial charge in [0.25, 0.3) is 0 Å². The first kappa shape index (κ1) is 17.3. The van der Waals surface area contributed by atoms with E-state index in [0.717, 1.165) is 25.4 Å². The minimum Gasteiger partial charge on any atom is -0.444 e. The highest BCUT2D eigenvalue weighted by atomic mass is 16.6. The quantitative estimate of drug-likeness (QED) is 0.760. The Morgan fingerprint density at radius 3 is 2.55 bits per heavy atom. The molecule has 1 N–H and O–H groups in total. The van der Waals surface area contributed by atoms with Crippen LogP contribution < -0.4 is 5.32 Å². The van der Waals surface area contributed by atoms with Gasteiger partial charge in [-0.05, 0) is 65.8 Å². The van der Waals surface area contributed by atoms with Crippen molar-refractivity contribution >= 4 is 6.09 Å². The standard InChI is InChI=1S/C16H32N2O2/c1-6-18(15(19)20-16(3,4)5)11-7-10-17-14-9-8-13(2)12-14/h13-14,17H,6-12H2,1-5H3. The molecular weight excluding hydrogens is 252 g/mol. The largest absolute Gasteiger partial charge is 0.444 e. The van der Waals surface area contributed by atoms with Crippen molar-refractivity contribution in [1.29, 1.82) is 0 Å². The number of hydrogen-bond acceptors (Lipinski definition) is 3. The Hall–Kier alpha value is -0.770. The first-order chi connectivity index (χ1) is 9.31. The molecule has 0 aliphatic heterocycles. The predicted molar refractivity (Wildman–Crippen MR) is 82.9 cm³/mol. The first-order valence-electron chi connectivity index (χ1n) is 8.03. The van der Waals surface area contributed by atoms with Gasteiger partial charge in [0, 0.05) is 19.1 Å². The third-order valence-electron chi connectivity index (χ3n) is 3.77. The van der Waals surface area contributed by atoms with Crippen LogP contribution in [-0.4, -0.2) is 42.3 Å². The molecule has 4 heteroatoms. The van der Waals surface area contributed by atoms with Crippen molar-refractivity contribution in [1.82, 2.24) is 10.2 Å². The Kier molecular flexibility index (Phi) is 6.80. The molecule has 1 aliphatic carbocycles. The molecule has 0 aromatic rings. The van der Waals surface area contributed by atoms with Crippen LogP contribution in [-0.2, 0) is 4.74 Å². The third kappa shape index (κ3) is 6.60. The Morgan fingerprint density at radius 1 is 1.35 bits per heavy atom. The summed E-state index contributed by atoms with van der Waals surface area (Å²) < 4.78 is 5.40. The van der Waals surface area contributed by atoms with E-state index in [-0.39, 0.29) is 6.09 Å². The summed E-state index contributed by atoms with van der Waals surface area (Å²) in [7, 11) is 0. The van der Waals surface area contributed by atoms with Crippen LogP contribution in [0.15, 0.2) is 0 Å². The van der Waals surface area contributed by atoms with Crippen molar-refractivity contribution in [3.8, 4) is 0 Å². The second-order valence-electron chi connectivity index (χ2n) is 6.98. The van der Waals surface area contributed by atoms with Crippen LogP contribution in [0, 0.1) is 5.92 Å². The number of carbonyl (C=O) groups is 1. The lowest BCUT2D eigenvalue weighted by Gasteiger charge is -2.26. The second kappa shape index (κ2) is 7.87. The van der Waals surface area contributed by atoms with Crippen molar-refractivity contribution in [3.05, 3.63) is 0 Å². The lowest BCUT2D eigenvalue weighted by atomic mass is 10.1. The lowest BCUT2D eigenvalue weighted by Crippen LogP contribution is -2.38. The number of rotatable bonds is 6. The smallest absolute Gasteiger partial charge is 0.410 e. The van der Waals surface area contributed by atoms with E-state index in [0.29, 0.717) is 12.6 Å². The summed E-state index contributed by atoms with van der Waals surface area (Å²) in [6.45, 7) is 12.5. The number of nitrogens with zero attached hydrogens (tertiary/aromatic N) is 1. The van der Waals surface area contributed by atoms with E-state index in [1.807, 2.05) is 27.7 Å². The molecule has 0 radical (unpaired) electrons. The Labute approximate surface area is 124 Å². The molecule has 2 atom stereocenters. The van der Waals surface area contributed by atoms with E-state index >= 15 is 0 Å². The summed E-state index contributed by atoms with van der Waals surface area (Å²) in [5.41, 5.74) is -0.414. The fourth-order valence-electron chi connectivity index (χ4n) is 2.67.